The molecule has 1 saturated carbocycles. The van der Waals surface area contributed by atoms with Crippen molar-refractivity contribution in [2.24, 2.45) is 7.05 Å². The van der Waals surface area contributed by atoms with E-state index in [2.05, 4.69) is 36.8 Å². The minimum atomic E-state index is -0.195. The smallest absolute Gasteiger partial charge is 0.323 e. The number of nitrogens with one attached hydrogen (secondary N) is 2. The molecule has 12 heteroatoms. The molecule has 1 fully saturated rings. The van der Waals surface area contributed by atoms with Crippen LogP contribution in [-0.4, -0.2) is 52.9 Å². The van der Waals surface area contributed by atoms with E-state index in [1.807, 2.05) is 55.7 Å². The predicted molar refractivity (Wildman–Crippen MR) is 169 cm³/mol. The summed E-state index contributed by atoms with van der Waals surface area (Å²) in [6.07, 6.45) is 11.5. The Morgan fingerprint density at radius 1 is 0.956 bits per heavy atom. The van der Waals surface area contributed by atoms with Gasteiger partial charge in [-0.3, -0.25) is 9.58 Å². The van der Waals surface area contributed by atoms with Crippen molar-refractivity contribution >= 4 is 17.8 Å². The second kappa shape index (κ2) is 13.2. The fraction of sp³-hybridized carbons (Fsp3) is 0.242. The van der Waals surface area contributed by atoms with E-state index in [0.29, 0.717) is 35.1 Å². The summed E-state index contributed by atoms with van der Waals surface area (Å²) in [5.74, 6) is 0.890. The number of aryl methyl sites for hydroxylation is 1. The number of hydrogen-bond acceptors (Lipinski definition) is 9. The second-order valence-electron chi connectivity index (χ2n) is 10.9. The SMILES string of the molecule is Cn1cc(-c2ccc(N(C(=O)NCc3ccccc3)[C@H]3CC[C@H](Nc4ncc(C#N)c(-c5ccc(O)nc5)n4)CC3)nc2)cn1. The number of aromatic hydroxyl groups is 1. The van der Waals surface area contributed by atoms with Crippen LogP contribution in [-0.2, 0) is 13.6 Å². The molecule has 1 aromatic carbocycles. The summed E-state index contributed by atoms with van der Waals surface area (Å²) < 4.78 is 1.74. The highest BCUT2D eigenvalue weighted by molar-refractivity contribution is 5.91. The van der Waals surface area contributed by atoms with E-state index in [4.69, 9.17) is 4.98 Å². The molecular formula is C33H32N10O2. The lowest BCUT2D eigenvalue weighted by Crippen LogP contribution is -2.49. The molecule has 4 heterocycles. The summed E-state index contributed by atoms with van der Waals surface area (Å²) in [4.78, 5) is 33.0. The molecule has 0 saturated heterocycles. The molecule has 0 unspecified atom stereocenters. The number of carbonyl (C=O) groups excluding carboxylic acids is 1. The van der Waals surface area contributed by atoms with Crippen LogP contribution in [0.3, 0.4) is 0 Å². The Hall–Kier alpha value is -5.83. The van der Waals surface area contributed by atoms with Crippen LogP contribution in [0, 0.1) is 11.3 Å². The first kappa shape index (κ1) is 29.3. The third kappa shape index (κ3) is 6.88. The van der Waals surface area contributed by atoms with Crippen LogP contribution in [0.15, 0.2) is 85.6 Å². The molecule has 0 aliphatic heterocycles. The highest BCUT2D eigenvalue weighted by Gasteiger charge is 2.31. The topological polar surface area (TPSA) is 158 Å². The third-order valence-electron chi connectivity index (χ3n) is 7.86. The number of nitriles is 1. The lowest BCUT2D eigenvalue weighted by Gasteiger charge is -2.36. The van der Waals surface area contributed by atoms with Crippen molar-refractivity contribution < 1.29 is 9.90 Å². The number of benzene rings is 1. The van der Waals surface area contributed by atoms with E-state index in [1.165, 1.54) is 18.5 Å². The first-order valence-electron chi connectivity index (χ1n) is 14.7. The van der Waals surface area contributed by atoms with Gasteiger partial charge in [0.25, 0.3) is 0 Å². The molecule has 2 amide bonds. The predicted octanol–water partition coefficient (Wildman–Crippen LogP) is 5.05. The monoisotopic (exact) mass is 600 g/mol. The van der Waals surface area contributed by atoms with E-state index in [-0.39, 0.29) is 24.0 Å². The lowest BCUT2D eigenvalue weighted by molar-refractivity contribution is 0.240. The van der Waals surface area contributed by atoms with Gasteiger partial charge in [0.15, 0.2) is 0 Å². The number of rotatable bonds is 8. The van der Waals surface area contributed by atoms with Crippen LogP contribution in [0.1, 0.15) is 36.8 Å². The lowest BCUT2D eigenvalue weighted by atomic mass is 9.90. The average Bonchev–Trinajstić information content (AvgIpc) is 3.52. The molecule has 226 valence electrons. The number of carbonyl (C=O) groups is 1. The molecule has 6 rings (SSSR count). The Morgan fingerprint density at radius 3 is 2.40 bits per heavy atom. The summed E-state index contributed by atoms with van der Waals surface area (Å²) in [5.41, 5.74) is 4.27. The highest BCUT2D eigenvalue weighted by atomic mass is 16.3. The van der Waals surface area contributed by atoms with Gasteiger partial charge in [-0.1, -0.05) is 30.3 Å². The number of hydrogen-bond donors (Lipinski definition) is 3. The van der Waals surface area contributed by atoms with E-state index in [1.54, 1.807) is 28.0 Å². The largest absolute Gasteiger partial charge is 0.493 e. The van der Waals surface area contributed by atoms with E-state index in [0.717, 1.165) is 42.4 Å². The summed E-state index contributed by atoms with van der Waals surface area (Å²) >= 11 is 0. The van der Waals surface area contributed by atoms with Crippen molar-refractivity contribution in [2.75, 3.05) is 10.2 Å². The highest BCUT2D eigenvalue weighted by Crippen LogP contribution is 2.30. The Balaban J connectivity index is 1.17. The van der Waals surface area contributed by atoms with Crippen LogP contribution < -0.4 is 15.5 Å². The van der Waals surface area contributed by atoms with E-state index >= 15 is 0 Å². The van der Waals surface area contributed by atoms with Crippen LogP contribution >= 0.6 is 0 Å². The zero-order valence-electron chi connectivity index (χ0n) is 24.7. The van der Waals surface area contributed by atoms with Crippen molar-refractivity contribution in [1.82, 2.24) is 35.0 Å². The molecule has 1 aliphatic rings. The molecule has 45 heavy (non-hydrogen) atoms. The van der Waals surface area contributed by atoms with Gasteiger partial charge in [0, 0.05) is 67.0 Å². The van der Waals surface area contributed by atoms with Crippen molar-refractivity contribution in [3.05, 3.63) is 96.7 Å². The fourth-order valence-corrected chi connectivity index (χ4v) is 5.53. The Kier molecular flexibility index (Phi) is 8.59. The maximum absolute atomic E-state index is 13.7. The Bertz CT molecular complexity index is 1790. The van der Waals surface area contributed by atoms with Gasteiger partial charge < -0.3 is 15.7 Å². The number of urea groups is 1. The molecule has 4 aromatic heterocycles. The zero-order chi connectivity index (χ0) is 31.2. The molecule has 0 radical (unpaired) electrons. The van der Waals surface area contributed by atoms with Gasteiger partial charge in [0.2, 0.25) is 11.8 Å². The summed E-state index contributed by atoms with van der Waals surface area (Å²) in [6.45, 7) is 0.412. The van der Waals surface area contributed by atoms with Crippen molar-refractivity contribution in [1.29, 1.82) is 5.26 Å². The van der Waals surface area contributed by atoms with Gasteiger partial charge in [0.05, 0.1) is 23.7 Å². The number of pyridine rings is 2. The second-order valence-corrected chi connectivity index (χ2v) is 10.9. The molecule has 12 nitrogen and oxygen atoms in total. The summed E-state index contributed by atoms with van der Waals surface area (Å²) in [7, 11) is 1.87. The number of aromatic nitrogens is 6. The first-order chi connectivity index (χ1) is 22.0. The third-order valence-corrected chi connectivity index (χ3v) is 7.86. The van der Waals surface area contributed by atoms with E-state index < -0.39 is 0 Å². The first-order valence-corrected chi connectivity index (χ1v) is 14.7. The van der Waals surface area contributed by atoms with E-state index in [9.17, 15) is 15.2 Å². The zero-order valence-corrected chi connectivity index (χ0v) is 24.7. The van der Waals surface area contributed by atoms with Crippen LogP contribution in [0.2, 0.25) is 0 Å². The van der Waals surface area contributed by atoms with Crippen LogP contribution in [0.5, 0.6) is 5.88 Å². The molecule has 0 spiro atoms. The van der Waals surface area contributed by atoms with Crippen molar-refractivity contribution in [2.45, 2.75) is 44.3 Å². The molecule has 1 aliphatic carbocycles. The molecule has 0 atom stereocenters. The molecule has 0 bridgehead atoms. The standard InChI is InChI=1S/C33H32N10O2/c1-42-21-26(20-39-42)23-7-13-29(35-17-23)43(33(45)38-16-22-5-3-2-4-6-22)28-11-9-27(10-12-28)40-32-37-19-25(15-34)31(41-32)24-8-14-30(44)36-18-24/h2-8,13-14,17-21,27-28H,9-12,16H2,1H3,(H,36,44)(H,38,45)(H,37,40,41)/t27-,28-. The molecule has 5 aromatic rings. The Labute approximate surface area is 260 Å². The fourth-order valence-electron chi connectivity index (χ4n) is 5.53. The maximum atomic E-state index is 13.7. The average molecular weight is 601 g/mol. The van der Waals surface area contributed by atoms with Gasteiger partial charge in [-0.05, 0) is 49.4 Å². The van der Waals surface area contributed by atoms with Gasteiger partial charge in [0.1, 0.15) is 11.9 Å². The molecular weight excluding hydrogens is 568 g/mol. The van der Waals surface area contributed by atoms with Gasteiger partial charge in [-0.25, -0.2) is 24.7 Å². The number of anilines is 2. The van der Waals surface area contributed by atoms with Crippen molar-refractivity contribution in [3.8, 4) is 34.3 Å². The Morgan fingerprint density at radius 2 is 1.73 bits per heavy atom. The quantitative estimate of drug-likeness (QED) is 0.222. The minimum Gasteiger partial charge on any atom is -0.493 e. The summed E-state index contributed by atoms with van der Waals surface area (Å²) in [6, 6.07) is 18.7. The van der Waals surface area contributed by atoms with Crippen LogP contribution in [0.4, 0.5) is 16.6 Å². The minimum absolute atomic E-state index is 0.0592. The number of amides is 2. The number of nitrogens with zero attached hydrogens (tertiary/aromatic N) is 8. The normalized spacial score (nSPS) is 16.0. The maximum Gasteiger partial charge on any atom is 0.323 e. The van der Waals surface area contributed by atoms with Gasteiger partial charge in [-0.2, -0.15) is 10.4 Å². The van der Waals surface area contributed by atoms with Gasteiger partial charge >= 0.3 is 6.03 Å². The van der Waals surface area contributed by atoms with Crippen molar-refractivity contribution in [3.63, 3.8) is 0 Å². The summed E-state index contributed by atoms with van der Waals surface area (Å²) in [5, 5.41) is 29.9. The molecule has 3 N–H and O–H groups in total. The van der Waals surface area contributed by atoms with Crippen LogP contribution in [0.25, 0.3) is 22.4 Å². The van der Waals surface area contributed by atoms with Gasteiger partial charge in [-0.15, -0.1) is 0 Å².